The highest BCUT2D eigenvalue weighted by atomic mass is 16.5. The van der Waals surface area contributed by atoms with Crippen LogP contribution >= 0.6 is 0 Å². The van der Waals surface area contributed by atoms with Gasteiger partial charge in [-0.1, -0.05) is 43.7 Å². The maximum atomic E-state index is 5.58. The van der Waals surface area contributed by atoms with Crippen molar-refractivity contribution in [2.75, 3.05) is 26.3 Å². The standard InChI is InChI=1S/C18H31N3O/c1-5-19-18(20-11-6-12-22-14-15(2)3)21-13-17-9-7-16(4)8-10-17/h7-10,15H,5-6,11-14H2,1-4H3,(H2,19,20,21). The smallest absolute Gasteiger partial charge is 0.191 e. The van der Waals surface area contributed by atoms with E-state index in [0.29, 0.717) is 12.5 Å². The predicted molar refractivity (Wildman–Crippen MR) is 94.3 cm³/mol. The van der Waals surface area contributed by atoms with Gasteiger partial charge in [-0.25, -0.2) is 4.99 Å². The first-order valence-corrected chi connectivity index (χ1v) is 8.27. The minimum atomic E-state index is 0.598. The van der Waals surface area contributed by atoms with Crippen LogP contribution in [0.25, 0.3) is 0 Å². The maximum Gasteiger partial charge on any atom is 0.191 e. The molecule has 0 spiro atoms. The van der Waals surface area contributed by atoms with Gasteiger partial charge in [0.25, 0.3) is 0 Å². The van der Waals surface area contributed by atoms with E-state index in [1.54, 1.807) is 0 Å². The van der Waals surface area contributed by atoms with E-state index in [0.717, 1.165) is 38.7 Å². The van der Waals surface area contributed by atoms with Gasteiger partial charge in [0.05, 0.1) is 6.54 Å². The van der Waals surface area contributed by atoms with Gasteiger partial charge in [0.2, 0.25) is 0 Å². The van der Waals surface area contributed by atoms with E-state index >= 15 is 0 Å². The van der Waals surface area contributed by atoms with Crippen molar-refractivity contribution >= 4 is 5.96 Å². The molecule has 0 aliphatic carbocycles. The molecule has 2 N–H and O–H groups in total. The lowest BCUT2D eigenvalue weighted by atomic mass is 10.1. The molecule has 1 aromatic rings. The molecular weight excluding hydrogens is 274 g/mol. The van der Waals surface area contributed by atoms with Crippen molar-refractivity contribution in [2.24, 2.45) is 10.9 Å². The largest absolute Gasteiger partial charge is 0.381 e. The second-order valence-corrected chi connectivity index (χ2v) is 5.93. The summed E-state index contributed by atoms with van der Waals surface area (Å²) in [5.74, 6) is 1.47. The van der Waals surface area contributed by atoms with Crippen molar-refractivity contribution in [1.82, 2.24) is 10.6 Å². The molecule has 0 saturated heterocycles. The molecule has 0 amide bonds. The molecule has 0 saturated carbocycles. The van der Waals surface area contributed by atoms with Crippen LogP contribution in [0.5, 0.6) is 0 Å². The molecule has 1 rings (SSSR count). The summed E-state index contributed by atoms with van der Waals surface area (Å²) in [6.45, 7) is 12.6. The minimum absolute atomic E-state index is 0.598. The summed E-state index contributed by atoms with van der Waals surface area (Å²) in [7, 11) is 0. The van der Waals surface area contributed by atoms with E-state index in [4.69, 9.17) is 4.74 Å². The first kappa shape index (κ1) is 18.5. The van der Waals surface area contributed by atoms with Crippen molar-refractivity contribution in [2.45, 2.75) is 40.7 Å². The van der Waals surface area contributed by atoms with E-state index in [-0.39, 0.29) is 0 Å². The van der Waals surface area contributed by atoms with Gasteiger partial charge in [0, 0.05) is 26.3 Å². The Morgan fingerprint density at radius 1 is 1.18 bits per heavy atom. The van der Waals surface area contributed by atoms with Gasteiger partial charge in [-0.15, -0.1) is 0 Å². The average molecular weight is 305 g/mol. The van der Waals surface area contributed by atoms with Crippen molar-refractivity contribution in [3.8, 4) is 0 Å². The number of hydrogen-bond donors (Lipinski definition) is 2. The molecule has 0 aliphatic rings. The number of guanidine groups is 1. The summed E-state index contributed by atoms with van der Waals surface area (Å²) in [4.78, 5) is 4.61. The molecular formula is C18H31N3O. The molecule has 1 aromatic carbocycles. The fraction of sp³-hybridized carbons (Fsp3) is 0.611. The summed E-state index contributed by atoms with van der Waals surface area (Å²) in [5, 5.41) is 6.62. The van der Waals surface area contributed by atoms with Crippen LogP contribution in [0.15, 0.2) is 29.3 Å². The Kier molecular flexibility index (Phi) is 9.31. The zero-order valence-electron chi connectivity index (χ0n) is 14.5. The van der Waals surface area contributed by atoms with Crippen LogP contribution in [0.3, 0.4) is 0 Å². The summed E-state index contributed by atoms with van der Waals surface area (Å²) < 4.78 is 5.58. The van der Waals surface area contributed by atoms with Crippen LogP contribution in [0, 0.1) is 12.8 Å². The van der Waals surface area contributed by atoms with E-state index < -0.39 is 0 Å². The SMILES string of the molecule is CCNC(=NCc1ccc(C)cc1)NCCCOCC(C)C. The normalized spacial score (nSPS) is 11.8. The topological polar surface area (TPSA) is 45.7 Å². The van der Waals surface area contributed by atoms with Crippen molar-refractivity contribution < 1.29 is 4.74 Å². The lowest BCUT2D eigenvalue weighted by Crippen LogP contribution is -2.38. The first-order valence-electron chi connectivity index (χ1n) is 8.27. The van der Waals surface area contributed by atoms with Gasteiger partial charge in [0.1, 0.15) is 0 Å². The maximum absolute atomic E-state index is 5.58. The Balaban J connectivity index is 2.31. The Morgan fingerprint density at radius 2 is 1.91 bits per heavy atom. The van der Waals surface area contributed by atoms with Crippen molar-refractivity contribution in [3.05, 3.63) is 35.4 Å². The van der Waals surface area contributed by atoms with Gasteiger partial charge < -0.3 is 15.4 Å². The van der Waals surface area contributed by atoms with E-state index in [1.807, 2.05) is 0 Å². The predicted octanol–water partition coefficient (Wildman–Crippen LogP) is 3.11. The van der Waals surface area contributed by atoms with Gasteiger partial charge in [0.15, 0.2) is 5.96 Å². The number of benzene rings is 1. The summed E-state index contributed by atoms with van der Waals surface area (Å²) in [6, 6.07) is 8.50. The zero-order valence-corrected chi connectivity index (χ0v) is 14.5. The lowest BCUT2D eigenvalue weighted by Gasteiger charge is -2.12. The molecule has 0 bridgehead atoms. The highest BCUT2D eigenvalue weighted by Gasteiger charge is 1.98. The fourth-order valence-corrected chi connectivity index (χ4v) is 1.91. The third-order valence-corrected chi connectivity index (χ3v) is 3.09. The molecule has 4 nitrogen and oxygen atoms in total. The number of hydrogen-bond acceptors (Lipinski definition) is 2. The summed E-state index contributed by atoms with van der Waals surface area (Å²) >= 11 is 0. The van der Waals surface area contributed by atoms with Crippen LogP contribution in [0.4, 0.5) is 0 Å². The monoisotopic (exact) mass is 305 g/mol. The van der Waals surface area contributed by atoms with Crippen molar-refractivity contribution in [3.63, 3.8) is 0 Å². The first-order chi connectivity index (χ1) is 10.6. The highest BCUT2D eigenvalue weighted by Crippen LogP contribution is 2.04. The number of rotatable bonds is 9. The third-order valence-electron chi connectivity index (χ3n) is 3.09. The molecule has 0 unspecified atom stereocenters. The van der Waals surface area contributed by atoms with Crippen molar-refractivity contribution in [1.29, 1.82) is 0 Å². The van der Waals surface area contributed by atoms with E-state index in [1.165, 1.54) is 11.1 Å². The Hall–Kier alpha value is -1.55. The van der Waals surface area contributed by atoms with E-state index in [2.05, 4.69) is 67.6 Å². The highest BCUT2D eigenvalue weighted by molar-refractivity contribution is 5.79. The Morgan fingerprint density at radius 3 is 2.55 bits per heavy atom. The van der Waals surface area contributed by atoms with Gasteiger partial charge >= 0.3 is 0 Å². The number of aliphatic imine (C=N–C) groups is 1. The Labute approximate surface area is 135 Å². The van der Waals surface area contributed by atoms with Gasteiger partial charge in [-0.05, 0) is 31.7 Å². The van der Waals surface area contributed by atoms with Crippen LogP contribution in [-0.2, 0) is 11.3 Å². The quantitative estimate of drug-likeness (QED) is 0.418. The molecule has 0 radical (unpaired) electrons. The molecule has 22 heavy (non-hydrogen) atoms. The van der Waals surface area contributed by atoms with Crippen LogP contribution in [-0.4, -0.2) is 32.3 Å². The number of ether oxygens (including phenoxy) is 1. The Bertz CT molecular complexity index is 426. The molecule has 0 atom stereocenters. The molecule has 124 valence electrons. The number of nitrogens with zero attached hydrogens (tertiary/aromatic N) is 1. The zero-order chi connectivity index (χ0) is 16.2. The molecule has 0 heterocycles. The average Bonchev–Trinajstić information content (AvgIpc) is 2.49. The second kappa shape index (κ2) is 11.1. The van der Waals surface area contributed by atoms with E-state index in [9.17, 15) is 0 Å². The van der Waals surface area contributed by atoms with Gasteiger partial charge in [-0.3, -0.25) is 0 Å². The fourth-order valence-electron chi connectivity index (χ4n) is 1.91. The second-order valence-electron chi connectivity index (χ2n) is 5.93. The molecule has 0 aromatic heterocycles. The third kappa shape index (κ3) is 8.67. The van der Waals surface area contributed by atoms with Crippen LogP contribution < -0.4 is 10.6 Å². The summed E-state index contributed by atoms with van der Waals surface area (Å²) in [6.07, 6.45) is 0.988. The molecule has 0 fully saturated rings. The van der Waals surface area contributed by atoms with Crippen LogP contribution in [0.1, 0.15) is 38.3 Å². The van der Waals surface area contributed by atoms with Crippen LogP contribution in [0.2, 0.25) is 0 Å². The lowest BCUT2D eigenvalue weighted by molar-refractivity contribution is 0.108. The number of aryl methyl sites for hydroxylation is 1. The number of nitrogens with one attached hydrogen (secondary N) is 2. The van der Waals surface area contributed by atoms with Gasteiger partial charge in [-0.2, -0.15) is 0 Å². The molecule has 0 aliphatic heterocycles. The molecule has 4 heteroatoms. The summed E-state index contributed by atoms with van der Waals surface area (Å²) in [5.41, 5.74) is 2.50. The minimum Gasteiger partial charge on any atom is -0.381 e.